The summed E-state index contributed by atoms with van der Waals surface area (Å²) >= 11 is 0.428. The van der Waals surface area contributed by atoms with E-state index < -0.39 is 71.0 Å². The average molecular weight is 502 g/mol. The minimum absolute atomic E-state index is 0.0520. The third-order valence-electron chi connectivity index (χ3n) is 5.39. The molecule has 0 aromatic carbocycles. The maximum absolute atomic E-state index is 13.7. The number of nitrogens with zero attached hydrogens (tertiary/aromatic N) is 3. The number of nitrogens with two attached hydrogens (primary N) is 1. The van der Waals surface area contributed by atoms with Crippen molar-refractivity contribution in [3.05, 3.63) is 17.5 Å². The quantitative estimate of drug-likeness (QED) is 0.397. The van der Waals surface area contributed by atoms with Crippen molar-refractivity contribution in [1.82, 2.24) is 15.2 Å². The lowest BCUT2D eigenvalue weighted by molar-refractivity contribution is -0.277. The molecule has 3 rings (SSSR count). The van der Waals surface area contributed by atoms with Crippen molar-refractivity contribution in [1.29, 1.82) is 0 Å². The molecule has 0 aliphatic carbocycles. The number of hydrogen-bond acceptors (Lipinski definition) is 9. The minimum Gasteiger partial charge on any atom is -0.474 e. The van der Waals surface area contributed by atoms with Gasteiger partial charge in [0.15, 0.2) is 5.69 Å². The molecule has 4 N–H and O–H groups in total. The number of aliphatic hydroxyl groups is 1. The van der Waals surface area contributed by atoms with Gasteiger partial charge in [0.05, 0.1) is 5.69 Å². The summed E-state index contributed by atoms with van der Waals surface area (Å²) in [5.41, 5.74) is -0.238. The predicted molar refractivity (Wildman–Crippen MR) is 104 cm³/mol. The van der Waals surface area contributed by atoms with Crippen molar-refractivity contribution in [2.45, 2.75) is 56.7 Å². The molecule has 1 unspecified atom stereocenters. The summed E-state index contributed by atoms with van der Waals surface area (Å²) in [4.78, 5) is 3.73. The Morgan fingerprint density at radius 3 is 2.52 bits per heavy atom. The number of pyridine rings is 1. The zero-order chi connectivity index (χ0) is 24.6. The fourth-order valence-corrected chi connectivity index (χ4v) is 4.07. The first kappa shape index (κ1) is 25.4. The molecule has 184 valence electrons. The van der Waals surface area contributed by atoms with Gasteiger partial charge in [-0.25, -0.2) is 4.98 Å². The van der Waals surface area contributed by atoms with E-state index in [2.05, 4.69) is 15.2 Å². The van der Waals surface area contributed by atoms with E-state index >= 15 is 0 Å². The van der Waals surface area contributed by atoms with Crippen LogP contribution in [0.25, 0.3) is 11.6 Å². The molecule has 3 atom stereocenters. The molecule has 33 heavy (non-hydrogen) atoms. The predicted octanol–water partition coefficient (Wildman–Crippen LogP) is 4.65. The van der Waals surface area contributed by atoms with Crippen molar-refractivity contribution < 1.29 is 45.2 Å². The maximum Gasteiger partial charge on any atom is 0.426 e. The van der Waals surface area contributed by atoms with Crippen LogP contribution in [0.1, 0.15) is 44.1 Å². The molecule has 4 bridgehead atoms. The summed E-state index contributed by atoms with van der Waals surface area (Å²) in [6.45, 7) is 1.46. The number of aromatic nitrogens is 3. The van der Waals surface area contributed by atoms with Gasteiger partial charge in [-0.1, -0.05) is 6.42 Å². The van der Waals surface area contributed by atoms with E-state index in [1.807, 2.05) is 0 Å². The van der Waals surface area contributed by atoms with Crippen LogP contribution in [0, 0.1) is 5.92 Å². The van der Waals surface area contributed by atoms with Gasteiger partial charge in [-0.3, -0.25) is 0 Å². The Labute approximate surface area is 187 Å². The molecule has 0 amide bonds. The Morgan fingerprint density at radius 1 is 1.21 bits per heavy atom. The van der Waals surface area contributed by atoms with Crippen molar-refractivity contribution in [2.24, 2.45) is 5.92 Å². The molecular formula is C18H20F6N4O4S. The van der Waals surface area contributed by atoms with Crippen LogP contribution in [0.5, 0.6) is 5.88 Å². The molecule has 0 saturated heterocycles. The normalized spacial score (nSPS) is 24.8. The Hall–Kier alpha value is -2.26. The fraction of sp³-hybridized carbons (Fsp3) is 0.611. The van der Waals surface area contributed by atoms with Crippen LogP contribution < -0.4 is 10.5 Å². The largest absolute Gasteiger partial charge is 0.474 e. The van der Waals surface area contributed by atoms with Crippen LogP contribution in [0.4, 0.5) is 32.0 Å². The van der Waals surface area contributed by atoms with E-state index in [1.54, 1.807) is 0 Å². The molecule has 1 aliphatic rings. The highest BCUT2D eigenvalue weighted by Gasteiger charge is 2.58. The van der Waals surface area contributed by atoms with Crippen LogP contribution in [0.15, 0.2) is 10.5 Å². The Bertz CT molecular complexity index is 986. The summed E-state index contributed by atoms with van der Waals surface area (Å²) < 4.78 is 102. The van der Waals surface area contributed by atoms with Gasteiger partial charge in [-0.15, -0.1) is 10.2 Å². The van der Waals surface area contributed by atoms with Gasteiger partial charge in [0.25, 0.3) is 11.8 Å². The number of rotatable bonds is 2. The number of alkyl halides is 6. The smallest absolute Gasteiger partial charge is 0.426 e. The topological polar surface area (TPSA) is 128 Å². The lowest BCUT2D eigenvalue weighted by Gasteiger charge is -2.28. The summed E-state index contributed by atoms with van der Waals surface area (Å²) in [6.07, 6.45) is -11.6. The molecule has 0 fully saturated rings. The highest BCUT2D eigenvalue weighted by Crippen LogP contribution is 2.44. The molecule has 0 spiro atoms. The first-order valence-corrected chi connectivity index (χ1v) is 10.7. The van der Waals surface area contributed by atoms with Crippen molar-refractivity contribution in [2.75, 3.05) is 11.5 Å². The summed E-state index contributed by atoms with van der Waals surface area (Å²) in [7, 11) is 0. The molecular weight excluding hydrogens is 482 g/mol. The molecule has 8 nitrogen and oxygen atoms in total. The number of ether oxygens (including phenoxy) is 1. The number of nitrogen functional groups attached to an aromatic ring is 1. The van der Waals surface area contributed by atoms with Crippen molar-refractivity contribution in [3.8, 4) is 17.5 Å². The molecule has 0 radical (unpaired) electrons. The van der Waals surface area contributed by atoms with E-state index in [1.165, 1.54) is 6.92 Å². The number of halogens is 6. The summed E-state index contributed by atoms with van der Waals surface area (Å²) in [5.74, 6) is -3.25. The Balaban J connectivity index is 2.19. The van der Waals surface area contributed by atoms with E-state index in [9.17, 15) is 36.0 Å². The van der Waals surface area contributed by atoms with E-state index in [0.717, 1.165) is 0 Å². The van der Waals surface area contributed by atoms with Crippen LogP contribution in [0.2, 0.25) is 0 Å². The number of anilines is 1. The fourth-order valence-electron chi connectivity index (χ4n) is 3.44. The zero-order valence-electron chi connectivity index (χ0n) is 17.1. The van der Waals surface area contributed by atoms with Gasteiger partial charge in [0.1, 0.15) is 11.7 Å². The van der Waals surface area contributed by atoms with Gasteiger partial charge in [-0.05, 0) is 44.3 Å². The van der Waals surface area contributed by atoms with Crippen LogP contribution in [-0.4, -0.2) is 42.9 Å². The summed E-state index contributed by atoms with van der Waals surface area (Å²) in [6, 6.07) is 0.506. The van der Waals surface area contributed by atoms with E-state index in [-0.39, 0.29) is 25.0 Å². The Kier molecular flexibility index (Phi) is 7.05. The Morgan fingerprint density at radius 2 is 1.91 bits per heavy atom. The maximum atomic E-state index is 13.7. The highest BCUT2D eigenvalue weighted by molar-refractivity contribution is 7.93. The first-order chi connectivity index (χ1) is 15.3. The third-order valence-corrected chi connectivity index (χ3v) is 5.96. The van der Waals surface area contributed by atoms with Gasteiger partial charge in [-0.2, -0.15) is 26.3 Å². The second-order valence-corrected chi connectivity index (χ2v) is 8.26. The van der Waals surface area contributed by atoms with Gasteiger partial charge in [0, 0.05) is 11.7 Å². The van der Waals surface area contributed by atoms with Gasteiger partial charge in [0.2, 0.25) is 11.5 Å². The van der Waals surface area contributed by atoms with Crippen LogP contribution >= 0.6 is 12.0 Å². The second-order valence-electron chi connectivity index (χ2n) is 7.67. The zero-order valence-corrected chi connectivity index (χ0v) is 17.9. The molecule has 2 aromatic rings. The summed E-state index contributed by atoms with van der Waals surface area (Å²) in [5, 5.41) is 17.1. The molecule has 2 aromatic heterocycles. The van der Waals surface area contributed by atoms with Crippen molar-refractivity contribution in [3.63, 3.8) is 0 Å². The van der Waals surface area contributed by atoms with Crippen molar-refractivity contribution >= 4 is 17.7 Å². The second kappa shape index (κ2) is 9.18. The monoisotopic (exact) mass is 502 g/mol. The average Bonchev–Trinajstić information content (AvgIpc) is 3.19. The molecule has 3 heterocycles. The van der Waals surface area contributed by atoms with E-state index in [4.69, 9.17) is 14.9 Å². The van der Waals surface area contributed by atoms with Crippen LogP contribution in [0.3, 0.4) is 0 Å². The molecule has 15 heteroatoms. The van der Waals surface area contributed by atoms with Gasteiger partial charge >= 0.3 is 12.4 Å². The van der Waals surface area contributed by atoms with Crippen LogP contribution in [-0.2, 0) is 11.8 Å². The number of fused-ring (bicyclic) bond motifs is 5. The lowest BCUT2D eigenvalue weighted by atomic mass is 9.92. The highest BCUT2D eigenvalue weighted by atomic mass is 32.2. The third kappa shape index (κ3) is 5.14. The minimum atomic E-state index is -5.17. The lowest BCUT2D eigenvalue weighted by Crippen LogP contribution is -2.42. The van der Waals surface area contributed by atoms with Gasteiger partial charge < -0.3 is 24.5 Å². The van der Waals surface area contributed by atoms with E-state index in [0.29, 0.717) is 18.1 Å². The molecule has 0 saturated carbocycles. The standard InChI is InChI=1S/C18H20F6N4O4S/c1-8-9(7-33-30)4-2-3-5-16(29,18(22,23)24)15-28-27-14(32-15)12-11(25)6-10(17(19,20)21)13(26-12)31-8/h6,8-9,29-30H,2-5,7,25H2,1H3/t8-,9?,16-/m1/s1. The molecule has 1 aliphatic heterocycles. The first-order valence-electron chi connectivity index (χ1n) is 9.72. The SMILES string of the molecule is C[C@H]1Oc2nc(c(N)cc2C(F)(F)F)-c2nnc(o2)[C@@](O)(C(F)(F)F)CCCCC1CSO. The number of hydrogen-bond donors (Lipinski definition) is 3.